The molecule has 1 aliphatic heterocycles. The summed E-state index contributed by atoms with van der Waals surface area (Å²) in [5.74, 6) is -0.155. The Morgan fingerprint density at radius 3 is 2.62 bits per heavy atom. The smallest absolute Gasteiger partial charge is 0.242 e. The minimum Gasteiger partial charge on any atom is -0.375 e. The molecular formula is C21H30N2O3. The van der Waals surface area contributed by atoms with Gasteiger partial charge in [0, 0.05) is 13.5 Å². The van der Waals surface area contributed by atoms with Gasteiger partial charge in [-0.05, 0) is 30.2 Å². The zero-order chi connectivity index (χ0) is 18.4. The molecular weight excluding hydrogens is 328 g/mol. The maximum absolute atomic E-state index is 12.7. The summed E-state index contributed by atoms with van der Waals surface area (Å²) in [7, 11) is 0. The minimum absolute atomic E-state index is 0.0101. The standard InChI is InChI=1S/C21H30N2O3/c1-17(24)22-13-20(25)23-16-21(10-6-3-7-11-21)12-19(23)15-26-14-18-8-4-2-5-9-18/h2,4-5,8-9,19H,3,6-7,10-16H2,1H3,(H,22,24). The lowest BCUT2D eigenvalue weighted by atomic mass is 9.73. The molecule has 2 aliphatic rings. The van der Waals surface area contributed by atoms with Gasteiger partial charge in [0.2, 0.25) is 11.8 Å². The van der Waals surface area contributed by atoms with Crippen LogP contribution in [0.3, 0.4) is 0 Å². The third-order valence-corrected chi connectivity index (χ3v) is 5.76. The van der Waals surface area contributed by atoms with Crippen LogP contribution in [0.5, 0.6) is 0 Å². The van der Waals surface area contributed by atoms with Crippen LogP contribution in [0.1, 0.15) is 51.0 Å². The number of hydrogen-bond donors (Lipinski definition) is 1. The molecule has 1 aromatic rings. The number of nitrogens with zero attached hydrogens (tertiary/aromatic N) is 1. The van der Waals surface area contributed by atoms with Crippen LogP contribution in [-0.4, -0.2) is 42.5 Å². The summed E-state index contributed by atoms with van der Waals surface area (Å²) in [6, 6.07) is 10.2. The molecule has 1 saturated heterocycles. The van der Waals surface area contributed by atoms with Gasteiger partial charge in [-0.25, -0.2) is 0 Å². The Hall–Kier alpha value is -1.88. The predicted octanol–water partition coefficient (Wildman–Crippen LogP) is 2.89. The van der Waals surface area contributed by atoms with Crippen molar-refractivity contribution in [3.63, 3.8) is 0 Å². The number of likely N-dealkylation sites (tertiary alicyclic amines) is 1. The normalized spacial score (nSPS) is 21.7. The molecule has 1 heterocycles. The molecule has 2 fully saturated rings. The number of nitrogens with one attached hydrogen (secondary N) is 1. The van der Waals surface area contributed by atoms with Gasteiger partial charge in [-0.3, -0.25) is 9.59 Å². The second-order valence-electron chi connectivity index (χ2n) is 7.85. The summed E-state index contributed by atoms with van der Waals surface area (Å²) in [5, 5.41) is 2.65. The monoisotopic (exact) mass is 358 g/mol. The van der Waals surface area contributed by atoms with E-state index < -0.39 is 0 Å². The van der Waals surface area contributed by atoms with Crippen LogP contribution in [0.25, 0.3) is 0 Å². The first-order valence-corrected chi connectivity index (χ1v) is 9.74. The van der Waals surface area contributed by atoms with Gasteiger partial charge >= 0.3 is 0 Å². The third kappa shape index (κ3) is 4.85. The molecule has 142 valence electrons. The molecule has 0 bridgehead atoms. The van der Waals surface area contributed by atoms with Crippen molar-refractivity contribution < 1.29 is 14.3 Å². The first-order chi connectivity index (χ1) is 12.6. The van der Waals surface area contributed by atoms with Gasteiger partial charge in [0.25, 0.3) is 0 Å². The van der Waals surface area contributed by atoms with Gasteiger partial charge < -0.3 is 15.0 Å². The van der Waals surface area contributed by atoms with Crippen molar-refractivity contribution in [1.29, 1.82) is 0 Å². The SMILES string of the molecule is CC(=O)NCC(=O)N1CC2(CCCCC2)CC1COCc1ccccc1. The molecule has 3 rings (SSSR count). The Morgan fingerprint density at radius 2 is 1.92 bits per heavy atom. The molecule has 1 saturated carbocycles. The van der Waals surface area contributed by atoms with Gasteiger partial charge in [0.15, 0.2) is 0 Å². The molecule has 1 atom stereocenters. The highest BCUT2D eigenvalue weighted by atomic mass is 16.5. The lowest BCUT2D eigenvalue weighted by molar-refractivity contribution is -0.134. The second-order valence-corrected chi connectivity index (χ2v) is 7.85. The van der Waals surface area contributed by atoms with E-state index in [1.807, 2.05) is 23.1 Å². The number of carbonyl (C=O) groups is 2. The quantitative estimate of drug-likeness (QED) is 0.851. The molecule has 5 heteroatoms. The van der Waals surface area contributed by atoms with Gasteiger partial charge in [-0.1, -0.05) is 49.6 Å². The summed E-state index contributed by atoms with van der Waals surface area (Å²) in [6.45, 7) is 3.46. The lowest BCUT2D eigenvalue weighted by Crippen LogP contribution is -2.44. The van der Waals surface area contributed by atoms with Crippen molar-refractivity contribution in [2.45, 2.75) is 58.1 Å². The van der Waals surface area contributed by atoms with Gasteiger partial charge in [-0.15, -0.1) is 0 Å². The molecule has 5 nitrogen and oxygen atoms in total. The highest BCUT2D eigenvalue weighted by molar-refractivity contribution is 5.84. The van der Waals surface area contributed by atoms with E-state index in [-0.39, 0.29) is 29.8 Å². The molecule has 1 unspecified atom stereocenters. The molecule has 0 aromatic heterocycles. The fraction of sp³-hybridized carbons (Fsp3) is 0.619. The average molecular weight is 358 g/mol. The maximum Gasteiger partial charge on any atom is 0.242 e. The average Bonchev–Trinajstić information content (AvgIpc) is 2.99. The van der Waals surface area contributed by atoms with E-state index in [4.69, 9.17) is 4.74 Å². The summed E-state index contributed by atoms with van der Waals surface area (Å²) in [6.07, 6.45) is 7.24. The summed E-state index contributed by atoms with van der Waals surface area (Å²) < 4.78 is 5.96. The van der Waals surface area contributed by atoms with Crippen LogP contribution >= 0.6 is 0 Å². The van der Waals surface area contributed by atoms with E-state index in [2.05, 4.69) is 17.4 Å². The molecule has 0 radical (unpaired) electrons. The highest BCUT2D eigenvalue weighted by Gasteiger charge is 2.45. The van der Waals surface area contributed by atoms with E-state index in [0.717, 1.165) is 18.5 Å². The molecule has 1 aromatic carbocycles. The van der Waals surface area contributed by atoms with Crippen molar-refractivity contribution in [3.8, 4) is 0 Å². The molecule has 1 N–H and O–H groups in total. The van der Waals surface area contributed by atoms with Crippen LogP contribution in [0.4, 0.5) is 0 Å². The molecule has 26 heavy (non-hydrogen) atoms. The summed E-state index contributed by atoms with van der Waals surface area (Å²) in [4.78, 5) is 25.8. The summed E-state index contributed by atoms with van der Waals surface area (Å²) >= 11 is 0. The van der Waals surface area contributed by atoms with Crippen LogP contribution in [0.2, 0.25) is 0 Å². The number of rotatable bonds is 6. The largest absolute Gasteiger partial charge is 0.375 e. The first kappa shape index (κ1) is 18.9. The van der Waals surface area contributed by atoms with Crippen molar-refractivity contribution in [2.24, 2.45) is 5.41 Å². The van der Waals surface area contributed by atoms with E-state index in [0.29, 0.717) is 13.2 Å². The van der Waals surface area contributed by atoms with E-state index >= 15 is 0 Å². The fourth-order valence-corrected chi connectivity index (χ4v) is 4.46. The summed E-state index contributed by atoms with van der Waals surface area (Å²) in [5.41, 5.74) is 1.40. The first-order valence-electron chi connectivity index (χ1n) is 9.74. The van der Waals surface area contributed by atoms with Crippen molar-refractivity contribution in [2.75, 3.05) is 19.7 Å². The molecule has 1 aliphatic carbocycles. The Labute approximate surface area is 156 Å². The number of amides is 2. The van der Waals surface area contributed by atoms with E-state index in [9.17, 15) is 9.59 Å². The molecule has 2 amide bonds. The highest BCUT2D eigenvalue weighted by Crippen LogP contribution is 2.46. The van der Waals surface area contributed by atoms with E-state index in [1.165, 1.54) is 39.0 Å². The Bertz CT molecular complexity index is 611. The maximum atomic E-state index is 12.7. The van der Waals surface area contributed by atoms with E-state index in [1.54, 1.807) is 0 Å². The minimum atomic E-state index is -0.165. The Morgan fingerprint density at radius 1 is 1.19 bits per heavy atom. The predicted molar refractivity (Wildman–Crippen MR) is 100 cm³/mol. The van der Waals surface area contributed by atoms with Gasteiger partial charge in [0.05, 0.1) is 25.8 Å². The Balaban J connectivity index is 1.61. The lowest BCUT2D eigenvalue weighted by Gasteiger charge is -2.33. The van der Waals surface area contributed by atoms with Crippen LogP contribution in [0, 0.1) is 5.41 Å². The number of hydrogen-bond acceptors (Lipinski definition) is 3. The number of benzene rings is 1. The zero-order valence-electron chi connectivity index (χ0n) is 15.7. The van der Waals surface area contributed by atoms with Crippen molar-refractivity contribution in [3.05, 3.63) is 35.9 Å². The van der Waals surface area contributed by atoms with Gasteiger partial charge in [-0.2, -0.15) is 0 Å². The van der Waals surface area contributed by atoms with Crippen molar-refractivity contribution >= 4 is 11.8 Å². The third-order valence-electron chi connectivity index (χ3n) is 5.76. The fourth-order valence-electron chi connectivity index (χ4n) is 4.46. The zero-order valence-corrected chi connectivity index (χ0v) is 15.7. The van der Waals surface area contributed by atoms with Crippen LogP contribution in [0.15, 0.2) is 30.3 Å². The number of ether oxygens (including phenoxy) is 1. The molecule has 1 spiro atoms. The van der Waals surface area contributed by atoms with Crippen LogP contribution in [-0.2, 0) is 20.9 Å². The second kappa shape index (κ2) is 8.67. The topological polar surface area (TPSA) is 58.6 Å². The van der Waals surface area contributed by atoms with Gasteiger partial charge in [0.1, 0.15) is 0 Å². The Kier molecular flexibility index (Phi) is 6.30. The van der Waals surface area contributed by atoms with Crippen LogP contribution < -0.4 is 5.32 Å². The van der Waals surface area contributed by atoms with Crippen molar-refractivity contribution in [1.82, 2.24) is 10.2 Å². The number of carbonyl (C=O) groups excluding carboxylic acids is 2.